The molecule has 0 radical (unpaired) electrons. The fourth-order valence-electron chi connectivity index (χ4n) is 10.2. The minimum atomic E-state index is -1.26. The molecule has 2 aromatic carbocycles. The van der Waals surface area contributed by atoms with Crippen LogP contribution < -0.4 is 15.5 Å². The van der Waals surface area contributed by atoms with Crippen LogP contribution in [0.2, 0.25) is 0 Å². The third kappa shape index (κ3) is 7.46. The lowest BCUT2D eigenvalue weighted by atomic mass is 9.89. The molecule has 17 heteroatoms. The zero-order valence-corrected chi connectivity index (χ0v) is 35.3. The summed E-state index contributed by atoms with van der Waals surface area (Å²) in [6, 6.07) is 16.6. The van der Waals surface area contributed by atoms with Crippen LogP contribution in [0, 0.1) is 17.2 Å². The van der Waals surface area contributed by atoms with E-state index < -0.39 is 23.5 Å². The summed E-state index contributed by atoms with van der Waals surface area (Å²) in [5.74, 6) is -1.19. The highest BCUT2D eigenvalue weighted by molar-refractivity contribution is 6.06. The van der Waals surface area contributed by atoms with Gasteiger partial charge in [-0.2, -0.15) is 15.5 Å². The van der Waals surface area contributed by atoms with Crippen LogP contribution in [0.3, 0.4) is 0 Å². The van der Waals surface area contributed by atoms with Crippen LogP contribution in [0.1, 0.15) is 96.0 Å². The number of nitrogens with zero attached hydrogens (tertiary/aromatic N) is 9. The number of benzene rings is 2. The molecule has 3 saturated heterocycles. The molecule has 5 amide bonds. The molecule has 4 aliphatic heterocycles. The van der Waals surface area contributed by atoms with Gasteiger partial charge in [-0.1, -0.05) is 0 Å². The molecule has 17 nitrogen and oxygen atoms in total. The van der Waals surface area contributed by atoms with E-state index in [2.05, 4.69) is 31.6 Å². The standard InChI is InChI=1S/C46H49N11O6/c1-46(2,63)36-20-37-29(19-38(36)49-43(60)40-10-8-34-17-27(21-47)22-48-57(34)40)26-56(51-37)32-5-3-31(4-6-32)52-13-15-53(16-14-52)44(61)30-23-54(24-30)33-7-9-35-28(18-33)25-55(45(35)62)39-11-12-41(58)50-42(39)59/h7-10,17-20,22,26,30-32,39,63H,3-6,11-16,23-25H2,1-2H3,(H,49,60)(H,50,58,59). The summed E-state index contributed by atoms with van der Waals surface area (Å²) in [6.07, 6.45) is 7.96. The Morgan fingerprint density at radius 3 is 2.43 bits per heavy atom. The Bertz CT molecular complexity index is 2740. The molecule has 7 heterocycles. The van der Waals surface area contributed by atoms with E-state index in [1.165, 1.54) is 10.7 Å². The third-order valence-corrected chi connectivity index (χ3v) is 13.7. The van der Waals surface area contributed by atoms with Gasteiger partial charge in [0, 0.05) is 92.4 Å². The van der Waals surface area contributed by atoms with E-state index in [1.807, 2.05) is 46.1 Å². The Hall–Kier alpha value is -6.64. The van der Waals surface area contributed by atoms with Crippen molar-refractivity contribution in [3.8, 4) is 6.07 Å². The lowest BCUT2D eigenvalue weighted by Gasteiger charge is -2.45. The highest BCUT2D eigenvalue weighted by atomic mass is 16.3. The van der Waals surface area contributed by atoms with Gasteiger partial charge in [-0.3, -0.25) is 38.9 Å². The molecule has 1 unspecified atom stereocenters. The van der Waals surface area contributed by atoms with Gasteiger partial charge in [0.05, 0.1) is 40.4 Å². The van der Waals surface area contributed by atoms with Gasteiger partial charge in [0.1, 0.15) is 17.8 Å². The fraction of sp³-hybridized carbons (Fsp3) is 0.435. The average molecular weight is 852 g/mol. The number of anilines is 2. The first-order valence-electron chi connectivity index (χ1n) is 21.8. The van der Waals surface area contributed by atoms with E-state index in [4.69, 9.17) is 5.10 Å². The summed E-state index contributed by atoms with van der Waals surface area (Å²) < 4.78 is 3.52. The molecule has 1 saturated carbocycles. The molecule has 324 valence electrons. The van der Waals surface area contributed by atoms with Crippen molar-refractivity contribution in [3.05, 3.63) is 88.9 Å². The second-order valence-corrected chi connectivity index (χ2v) is 18.2. The Labute approximate surface area is 363 Å². The number of rotatable bonds is 8. The quantitative estimate of drug-likeness (QED) is 0.193. The molecule has 10 rings (SSSR count). The molecule has 1 atom stereocenters. The number of nitriles is 1. The van der Waals surface area contributed by atoms with Crippen molar-refractivity contribution in [1.82, 2.24) is 39.4 Å². The molecule has 4 fully saturated rings. The summed E-state index contributed by atoms with van der Waals surface area (Å²) in [4.78, 5) is 72.6. The lowest BCUT2D eigenvalue weighted by Crippen LogP contribution is -2.59. The number of nitrogens with one attached hydrogen (secondary N) is 2. The van der Waals surface area contributed by atoms with E-state index in [1.54, 1.807) is 36.9 Å². The summed E-state index contributed by atoms with van der Waals surface area (Å²) in [6.45, 7) is 8.04. The van der Waals surface area contributed by atoms with Crippen molar-refractivity contribution in [2.75, 3.05) is 49.5 Å². The largest absolute Gasteiger partial charge is 0.386 e. The molecule has 63 heavy (non-hydrogen) atoms. The summed E-state index contributed by atoms with van der Waals surface area (Å²) in [5, 5.41) is 35.8. The first kappa shape index (κ1) is 40.4. The molecule has 5 aliphatic rings. The second-order valence-electron chi connectivity index (χ2n) is 18.2. The Kier molecular flexibility index (Phi) is 10.0. The maximum absolute atomic E-state index is 13.6. The number of carbonyl (C=O) groups excluding carboxylic acids is 5. The normalized spacial score (nSPS) is 22.3. The minimum Gasteiger partial charge on any atom is -0.386 e. The maximum Gasteiger partial charge on any atom is 0.274 e. The van der Waals surface area contributed by atoms with Crippen LogP contribution in [0.25, 0.3) is 16.4 Å². The number of hydrogen-bond acceptors (Lipinski definition) is 11. The molecule has 3 aromatic heterocycles. The fourth-order valence-corrected chi connectivity index (χ4v) is 10.2. The predicted octanol–water partition coefficient (Wildman–Crippen LogP) is 3.56. The number of carbonyl (C=O) groups is 5. The van der Waals surface area contributed by atoms with E-state index in [9.17, 15) is 34.3 Å². The van der Waals surface area contributed by atoms with E-state index in [-0.39, 0.29) is 36.1 Å². The first-order chi connectivity index (χ1) is 30.3. The van der Waals surface area contributed by atoms with Gasteiger partial charge in [0.2, 0.25) is 17.7 Å². The SMILES string of the molecule is CC(C)(O)c1cc2nn(C3CCC(N4CCN(C(=O)C5CN(c6ccc7c(c6)CN(C6CCC(=O)NC6=O)C7=O)C5)CC4)CC3)cc2cc1NC(=O)c1ccc2cc(C#N)cnn12. The van der Waals surface area contributed by atoms with Crippen LogP contribution in [-0.4, -0.2) is 120 Å². The number of hydrogen-bond donors (Lipinski definition) is 3. The number of amides is 5. The summed E-state index contributed by atoms with van der Waals surface area (Å²) in [5.41, 5.74) is 4.25. The summed E-state index contributed by atoms with van der Waals surface area (Å²) in [7, 11) is 0. The van der Waals surface area contributed by atoms with Crippen LogP contribution in [0.4, 0.5) is 11.4 Å². The van der Waals surface area contributed by atoms with Crippen LogP contribution in [0.5, 0.6) is 0 Å². The highest BCUT2D eigenvalue weighted by Gasteiger charge is 2.41. The Morgan fingerprint density at radius 1 is 0.937 bits per heavy atom. The number of aliphatic hydroxyl groups is 1. The number of imide groups is 1. The third-order valence-electron chi connectivity index (χ3n) is 13.7. The van der Waals surface area contributed by atoms with Gasteiger partial charge >= 0.3 is 0 Å². The second kappa shape index (κ2) is 15.6. The smallest absolute Gasteiger partial charge is 0.274 e. The maximum atomic E-state index is 13.6. The Balaban J connectivity index is 0.715. The van der Waals surface area contributed by atoms with Crippen molar-refractivity contribution in [2.24, 2.45) is 5.92 Å². The molecule has 0 bridgehead atoms. The lowest BCUT2D eigenvalue weighted by molar-refractivity contribution is -0.139. The molecule has 5 aromatic rings. The van der Waals surface area contributed by atoms with Crippen LogP contribution in [0.15, 0.2) is 60.9 Å². The van der Waals surface area contributed by atoms with E-state index in [0.29, 0.717) is 78.8 Å². The van der Waals surface area contributed by atoms with Gasteiger partial charge in [-0.05, 0) is 100 Å². The van der Waals surface area contributed by atoms with Crippen LogP contribution >= 0.6 is 0 Å². The number of piperidine rings is 1. The Morgan fingerprint density at radius 2 is 1.70 bits per heavy atom. The van der Waals surface area contributed by atoms with Gasteiger partial charge in [0.15, 0.2) is 0 Å². The van der Waals surface area contributed by atoms with Crippen molar-refractivity contribution in [2.45, 2.75) is 82.6 Å². The molecular weight excluding hydrogens is 803 g/mol. The monoisotopic (exact) mass is 851 g/mol. The molecule has 0 spiro atoms. The molecule has 3 N–H and O–H groups in total. The van der Waals surface area contributed by atoms with E-state index in [0.717, 1.165) is 60.9 Å². The van der Waals surface area contributed by atoms with Crippen molar-refractivity contribution in [1.29, 1.82) is 5.26 Å². The number of piperazine rings is 1. The van der Waals surface area contributed by atoms with Gasteiger partial charge < -0.3 is 25.1 Å². The highest BCUT2D eigenvalue weighted by Crippen LogP contribution is 2.37. The van der Waals surface area contributed by atoms with Crippen molar-refractivity contribution >= 4 is 57.3 Å². The number of aromatic nitrogens is 4. The van der Waals surface area contributed by atoms with Gasteiger partial charge in [-0.15, -0.1) is 0 Å². The topological polar surface area (TPSA) is 202 Å². The molecule has 1 aliphatic carbocycles. The van der Waals surface area contributed by atoms with Crippen molar-refractivity contribution in [3.63, 3.8) is 0 Å². The molecular formula is C46H49N11O6. The van der Waals surface area contributed by atoms with Gasteiger partial charge in [-0.25, -0.2) is 4.52 Å². The minimum absolute atomic E-state index is 0.0740. The first-order valence-corrected chi connectivity index (χ1v) is 21.8. The van der Waals surface area contributed by atoms with Crippen molar-refractivity contribution < 1.29 is 29.1 Å². The summed E-state index contributed by atoms with van der Waals surface area (Å²) >= 11 is 0. The van der Waals surface area contributed by atoms with Crippen LogP contribution in [-0.2, 0) is 26.5 Å². The zero-order chi connectivity index (χ0) is 43.7. The van der Waals surface area contributed by atoms with E-state index >= 15 is 0 Å². The average Bonchev–Trinajstić information content (AvgIpc) is 3.97. The number of fused-ring (bicyclic) bond motifs is 3. The van der Waals surface area contributed by atoms with Gasteiger partial charge in [0.25, 0.3) is 11.8 Å². The predicted molar refractivity (Wildman–Crippen MR) is 230 cm³/mol. The zero-order valence-electron chi connectivity index (χ0n) is 35.3.